The molecule has 0 unspecified atom stereocenters. The highest BCUT2D eigenvalue weighted by Crippen LogP contribution is 2.31. The highest BCUT2D eigenvalue weighted by molar-refractivity contribution is 8.02. The van der Waals surface area contributed by atoms with Gasteiger partial charge in [0.15, 0.2) is 10.1 Å². The highest BCUT2D eigenvalue weighted by atomic mass is 32.2. The van der Waals surface area contributed by atoms with Gasteiger partial charge in [0, 0.05) is 12.2 Å². The quantitative estimate of drug-likeness (QED) is 0.365. The lowest BCUT2D eigenvalue weighted by Gasteiger charge is -2.08. The van der Waals surface area contributed by atoms with Crippen LogP contribution in [-0.2, 0) is 4.74 Å². The van der Waals surface area contributed by atoms with Gasteiger partial charge in [-0.1, -0.05) is 36.9 Å². The number of nitrogens with zero attached hydrogens (tertiary/aromatic N) is 2. The van der Waals surface area contributed by atoms with E-state index in [0.717, 1.165) is 16.0 Å². The minimum Gasteiger partial charge on any atom is -0.462 e. The van der Waals surface area contributed by atoms with Crippen molar-refractivity contribution in [3.63, 3.8) is 0 Å². The number of hydrogen-bond donors (Lipinski definition) is 2. The number of hydrogen-bond acceptors (Lipinski definition) is 8. The number of ketones is 1. The Kier molecular flexibility index (Phi) is 7.43. The molecule has 0 aliphatic rings. The summed E-state index contributed by atoms with van der Waals surface area (Å²) < 4.78 is 5.81. The van der Waals surface area contributed by atoms with E-state index in [-0.39, 0.29) is 11.0 Å². The molecule has 27 heavy (non-hydrogen) atoms. The van der Waals surface area contributed by atoms with Crippen LogP contribution in [0.5, 0.6) is 0 Å². The topological polar surface area (TPSA) is 97.0 Å². The second kappa shape index (κ2) is 9.36. The molecule has 2 N–H and O–H groups in total. The van der Waals surface area contributed by atoms with Crippen LogP contribution in [0.1, 0.15) is 59.8 Å². The van der Waals surface area contributed by atoms with Crippen LogP contribution in [0, 0.1) is 19.8 Å². The van der Waals surface area contributed by atoms with Crippen molar-refractivity contribution >= 4 is 40.0 Å². The van der Waals surface area contributed by atoms with Crippen molar-refractivity contribution in [2.24, 2.45) is 5.92 Å². The average Bonchev–Trinajstić information content (AvgIpc) is 3.16. The molecule has 0 saturated heterocycles. The number of carbonyl (C=O) groups excluding carboxylic acids is 2. The monoisotopic (exact) mass is 410 g/mol. The number of nitrogens with one attached hydrogen (secondary N) is 2. The zero-order chi connectivity index (χ0) is 20.1. The van der Waals surface area contributed by atoms with Crippen LogP contribution < -0.4 is 5.32 Å². The van der Waals surface area contributed by atoms with Gasteiger partial charge in [0.1, 0.15) is 0 Å². The molecular weight excluding hydrogens is 384 g/mol. The summed E-state index contributed by atoms with van der Waals surface area (Å²) in [5, 5.41) is 11.9. The van der Waals surface area contributed by atoms with Gasteiger partial charge in [-0.15, -0.1) is 10.2 Å². The van der Waals surface area contributed by atoms with Gasteiger partial charge in [-0.2, -0.15) is 0 Å². The minimum absolute atomic E-state index is 0.0805. The first kappa shape index (κ1) is 21.4. The van der Waals surface area contributed by atoms with Gasteiger partial charge in [0.2, 0.25) is 5.13 Å². The minimum atomic E-state index is -0.409. The van der Waals surface area contributed by atoms with E-state index in [1.54, 1.807) is 20.8 Å². The van der Waals surface area contributed by atoms with E-state index in [2.05, 4.69) is 34.3 Å². The largest absolute Gasteiger partial charge is 0.462 e. The summed E-state index contributed by atoms with van der Waals surface area (Å²) in [6.45, 7) is 12.5. The maximum atomic E-state index is 12.9. The molecule has 7 nitrogen and oxygen atoms in total. The third kappa shape index (κ3) is 5.32. The van der Waals surface area contributed by atoms with Crippen molar-refractivity contribution < 1.29 is 14.3 Å². The van der Waals surface area contributed by atoms with Crippen molar-refractivity contribution in [1.82, 2.24) is 15.2 Å². The molecule has 148 valence electrons. The second-order valence-corrected chi connectivity index (χ2v) is 9.18. The number of aromatic amines is 1. The molecule has 0 amide bonds. The lowest BCUT2D eigenvalue weighted by atomic mass is 10.1. The second-order valence-electron chi connectivity index (χ2n) is 6.62. The van der Waals surface area contributed by atoms with Crippen LogP contribution in [0.15, 0.2) is 4.34 Å². The van der Waals surface area contributed by atoms with Gasteiger partial charge in [-0.25, -0.2) is 4.79 Å². The van der Waals surface area contributed by atoms with Crippen LogP contribution in [0.3, 0.4) is 0 Å². The van der Waals surface area contributed by atoms with Gasteiger partial charge in [-0.05, 0) is 39.2 Å². The fraction of sp³-hybridized carbons (Fsp3) is 0.556. The summed E-state index contributed by atoms with van der Waals surface area (Å²) in [6.07, 6.45) is 0. The number of aryl methyl sites for hydroxylation is 1. The van der Waals surface area contributed by atoms with Crippen LogP contribution in [-0.4, -0.2) is 45.3 Å². The lowest BCUT2D eigenvalue weighted by Crippen LogP contribution is -2.15. The Morgan fingerprint density at radius 3 is 2.59 bits per heavy atom. The van der Waals surface area contributed by atoms with Gasteiger partial charge >= 0.3 is 5.97 Å². The number of H-pyrrole nitrogens is 1. The zero-order valence-corrected chi connectivity index (χ0v) is 18.1. The predicted molar refractivity (Wildman–Crippen MR) is 109 cm³/mol. The summed E-state index contributed by atoms with van der Waals surface area (Å²) in [5.41, 5.74) is 2.15. The number of anilines is 1. The van der Waals surface area contributed by atoms with E-state index in [4.69, 9.17) is 4.74 Å². The number of rotatable bonds is 9. The maximum absolute atomic E-state index is 12.9. The van der Waals surface area contributed by atoms with Crippen LogP contribution >= 0.6 is 23.1 Å². The average molecular weight is 411 g/mol. The number of esters is 1. The van der Waals surface area contributed by atoms with Gasteiger partial charge < -0.3 is 15.0 Å². The van der Waals surface area contributed by atoms with Crippen LogP contribution in [0.4, 0.5) is 5.13 Å². The molecule has 2 heterocycles. The predicted octanol–water partition coefficient (Wildman–Crippen LogP) is 4.09. The van der Waals surface area contributed by atoms with Crippen molar-refractivity contribution in [1.29, 1.82) is 0 Å². The molecule has 0 bridgehead atoms. The Hall–Kier alpha value is -1.87. The first-order valence-electron chi connectivity index (χ1n) is 8.89. The van der Waals surface area contributed by atoms with Gasteiger partial charge in [-0.3, -0.25) is 4.79 Å². The molecule has 2 rings (SSSR count). The fourth-order valence-corrected chi connectivity index (χ4v) is 4.50. The summed E-state index contributed by atoms with van der Waals surface area (Å²) >= 11 is 2.80. The normalized spacial score (nSPS) is 12.3. The molecule has 2 aromatic rings. The maximum Gasteiger partial charge on any atom is 0.340 e. The van der Waals surface area contributed by atoms with Crippen molar-refractivity contribution in [3.05, 3.63) is 22.5 Å². The Bertz CT molecular complexity index is 814. The SMILES string of the molecule is CCOC(=O)c1c(C)[nH]c(C(=O)[C@@H](C)Sc2nnc(NCC(C)C)s2)c1C. The highest BCUT2D eigenvalue weighted by Gasteiger charge is 2.26. The van der Waals surface area contributed by atoms with Crippen molar-refractivity contribution in [2.45, 2.75) is 51.1 Å². The van der Waals surface area contributed by atoms with E-state index in [9.17, 15) is 9.59 Å². The number of ether oxygens (including phenoxy) is 1. The van der Waals surface area contributed by atoms with E-state index in [1.807, 2.05) is 6.92 Å². The van der Waals surface area contributed by atoms with E-state index in [1.165, 1.54) is 23.1 Å². The number of Topliss-reactive ketones (excluding diaryl/α,β-unsaturated/α-hetero) is 1. The summed E-state index contributed by atoms with van der Waals surface area (Å²) in [7, 11) is 0. The number of carbonyl (C=O) groups is 2. The lowest BCUT2D eigenvalue weighted by molar-refractivity contribution is 0.0525. The Morgan fingerprint density at radius 1 is 1.26 bits per heavy atom. The zero-order valence-electron chi connectivity index (χ0n) is 16.5. The Balaban J connectivity index is 2.09. The van der Waals surface area contributed by atoms with Crippen molar-refractivity contribution in [2.75, 3.05) is 18.5 Å². The number of thioether (sulfide) groups is 1. The Labute approximate surface area is 167 Å². The van der Waals surface area contributed by atoms with E-state index < -0.39 is 5.97 Å². The van der Waals surface area contributed by atoms with E-state index in [0.29, 0.717) is 35.0 Å². The van der Waals surface area contributed by atoms with Crippen molar-refractivity contribution in [3.8, 4) is 0 Å². The molecule has 1 atom stereocenters. The standard InChI is InChI=1S/C18H26N4O3S2/c1-7-25-16(24)13-10(4)14(20-11(13)5)15(23)12(6)26-18-22-21-17(27-18)19-8-9(2)3/h9,12,20H,7-8H2,1-6H3,(H,19,21)/t12-/m1/s1. The molecule has 0 aliphatic heterocycles. The number of aromatic nitrogens is 3. The first-order chi connectivity index (χ1) is 12.7. The molecule has 0 radical (unpaired) electrons. The van der Waals surface area contributed by atoms with E-state index >= 15 is 0 Å². The van der Waals surface area contributed by atoms with Crippen LogP contribution in [0.25, 0.3) is 0 Å². The molecule has 0 fully saturated rings. The smallest absolute Gasteiger partial charge is 0.340 e. The molecule has 0 saturated carbocycles. The summed E-state index contributed by atoms with van der Waals surface area (Å²) in [6, 6.07) is 0. The summed E-state index contributed by atoms with van der Waals surface area (Å²) in [5.74, 6) is 0.0225. The molecule has 0 spiro atoms. The fourth-order valence-electron chi connectivity index (χ4n) is 2.53. The third-order valence-corrected chi connectivity index (χ3v) is 5.94. The summed E-state index contributed by atoms with van der Waals surface area (Å²) in [4.78, 5) is 28.0. The molecule has 0 aliphatic carbocycles. The van der Waals surface area contributed by atoms with Gasteiger partial charge in [0.25, 0.3) is 0 Å². The Morgan fingerprint density at radius 2 is 1.96 bits per heavy atom. The van der Waals surface area contributed by atoms with Crippen LogP contribution in [0.2, 0.25) is 0 Å². The molecule has 2 aromatic heterocycles. The molecular formula is C18H26N4O3S2. The molecule has 9 heteroatoms. The first-order valence-corrected chi connectivity index (χ1v) is 10.6. The third-order valence-electron chi connectivity index (χ3n) is 3.88. The van der Waals surface area contributed by atoms with Gasteiger partial charge in [0.05, 0.1) is 23.1 Å². The molecule has 0 aromatic carbocycles.